The van der Waals surface area contributed by atoms with Gasteiger partial charge in [0.25, 0.3) is 0 Å². The zero-order valence-electron chi connectivity index (χ0n) is 16.5. The van der Waals surface area contributed by atoms with Crippen molar-refractivity contribution in [2.75, 3.05) is 0 Å². The van der Waals surface area contributed by atoms with Crippen molar-refractivity contribution in [3.8, 4) is 28.5 Å². The molecule has 0 aliphatic rings. The molecule has 166 valence electrons. The predicted octanol–water partition coefficient (Wildman–Crippen LogP) is 5.79. The van der Waals surface area contributed by atoms with Crippen LogP contribution in [0.4, 0.5) is 17.6 Å². The molecule has 0 saturated heterocycles. The summed E-state index contributed by atoms with van der Waals surface area (Å²) in [5, 5.41) is 13.3. The lowest BCUT2D eigenvalue weighted by Crippen LogP contribution is -2.07. The standard InChI is InChI=1S/C21H14F4N2O5/c1-9(2)30-15-7-12-14(8-13(15)18-26-20(32-27-18)21(23,24)25)31-17(16(12)19(28)29)10-3-5-11(22)6-4-10/h3-9H,1-2H3,(H,28,29). The molecule has 0 atom stereocenters. The van der Waals surface area contributed by atoms with E-state index in [1.807, 2.05) is 0 Å². The van der Waals surface area contributed by atoms with Crippen molar-refractivity contribution < 1.29 is 41.1 Å². The number of ether oxygens (including phenoxy) is 1. The van der Waals surface area contributed by atoms with Crippen LogP contribution >= 0.6 is 0 Å². The van der Waals surface area contributed by atoms with Gasteiger partial charge in [-0.05, 0) is 50.2 Å². The fourth-order valence-corrected chi connectivity index (χ4v) is 3.11. The number of nitrogens with zero attached hydrogens (tertiary/aromatic N) is 2. The van der Waals surface area contributed by atoms with Gasteiger partial charge in [0, 0.05) is 10.9 Å². The number of aromatic carboxylic acids is 1. The lowest BCUT2D eigenvalue weighted by Gasteiger charge is -2.12. The van der Waals surface area contributed by atoms with Gasteiger partial charge in [0.1, 0.15) is 28.5 Å². The quantitative estimate of drug-likeness (QED) is 0.384. The molecule has 0 amide bonds. The Morgan fingerprint density at radius 3 is 2.41 bits per heavy atom. The summed E-state index contributed by atoms with van der Waals surface area (Å²) >= 11 is 0. The zero-order chi connectivity index (χ0) is 23.2. The highest BCUT2D eigenvalue weighted by molar-refractivity contribution is 6.09. The largest absolute Gasteiger partial charge is 0.490 e. The summed E-state index contributed by atoms with van der Waals surface area (Å²) in [6.45, 7) is 3.37. The number of alkyl halides is 3. The number of benzene rings is 2. The first kappa shape index (κ1) is 21.3. The number of rotatable bonds is 5. The first-order valence-corrected chi connectivity index (χ1v) is 9.22. The number of aromatic nitrogens is 2. The van der Waals surface area contributed by atoms with Crippen LogP contribution in [0.3, 0.4) is 0 Å². The molecular weight excluding hydrogens is 436 g/mol. The highest BCUT2D eigenvalue weighted by Gasteiger charge is 2.39. The van der Waals surface area contributed by atoms with Gasteiger partial charge >= 0.3 is 18.0 Å². The van der Waals surface area contributed by atoms with Crippen LogP contribution < -0.4 is 4.74 Å². The number of hydrogen-bond donors (Lipinski definition) is 1. The molecule has 1 N–H and O–H groups in total. The number of hydrogen-bond acceptors (Lipinski definition) is 6. The average molecular weight is 450 g/mol. The van der Waals surface area contributed by atoms with E-state index in [2.05, 4.69) is 14.7 Å². The van der Waals surface area contributed by atoms with Gasteiger partial charge < -0.3 is 18.8 Å². The molecule has 2 heterocycles. The molecule has 0 spiro atoms. The van der Waals surface area contributed by atoms with Crippen LogP contribution in [0.1, 0.15) is 30.1 Å². The molecule has 0 radical (unpaired) electrons. The van der Waals surface area contributed by atoms with Gasteiger partial charge in [-0.15, -0.1) is 0 Å². The van der Waals surface area contributed by atoms with E-state index in [1.165, 1.54) is 24.3 Å². The van der Waals surface area contributed by atoms with Gasteiger partial charge in [0.2, 0.25) is 5.82 Å². The first-order valence-electron chi connectivity index (χ1n) is 9.22. The Morgan fingerprint density at radius 1 is 1.16 bits per heavy atom. The van der Waals surface area contributed by atoms with Gasteiger partial charge in [-0.1, -0.05) is 5.16 Å². The van der Waals surface area contributed by atoms with E-state index in [4.69, 9.17) is 9.15 Å². The molecule has 0 bridgehead atoms. The summed E-state index contributed by atoms with van der Waals surface area (Å²) in [6, 6.07) is 7.59. The van der Waals surface area contributed by atoms with Crippen LogP contribution in [0, 0.1) is 5.82 Å². The van der Waals surface area contributed by atoms with E-state index in [-0.39, 0.29) is 33.6 Å². The minimum atomic E-state index is -4.84. The fourth-order valence-electron chi connectivity index (χ4n) is 3.11. The number of carboxylic acid groups (broad SMARTS) is 1. The zero-order valence-corrected chi connectivity index (χ0v) is 16.5. The van der Waals surface area contributed by atoms with Crippen molar-refractivity contribution in [3.63, 3.8) is 0 Å². The van der Waals surface area contributed by atoms with Gasteiger partial charge in [-0.3, -0.25) is 0 Å². The van der Waals surface area contributed by atoms with Crippen LogP contribution in [0.15, 0.2) is 45.3 Å². The van der Waals surface area contributed by atoms with Crippen molar-refractivity contribution >= 4 is 16.9 Å². The molecule has 11 heteroatoms. The summed E-state index contributed by atoms with van der Waals surface area (Å²) < 4.78 is 67.7. The molecule has 2 aromatic carbocycles. The van der Waals surface area contributed by atoms with Crippen molar-refractivity contribution in [2.45, 2.75) is 26.1 Å². The topological polar surface area (TPSA) is 98.6 Å². The average Bonchev–Trinajstić information content (AvgIpc) is 3.32. The van der Waals surface area contributed by atoms with Crippen LogP contribution in [-0.4, -0.2) is 27.3 Å². The monoisotopic (exact) mass is 450 g/mol. The minimum absolute atomic E-state index is 0.0156. The Labute approximate surface area is 177 Å². The van der Waals surface area contributed by atoms with Crippen molar-refractivity contribution in [1.29, 1.82) is 0 Å². The summed E-state index contributed by atoms with van der Waals surface area (Å²) in [6.07, 6.45) is -5.25. The summed E-state index contributed by atoms with van der Waals surface area (Å²) in [7, 11) is 0. The molecule has 32 heavy (non-hydrogen) atoms. The molecule has 0 unspecified atom stereocenters. The third kappa shape index (κ3) is 3.88. The maximum Gasteiger partial charge on any atom is 0.471 e. The molecule has 0 aliphatic carbocycles. The Kier molecular flexibility index (Phi) is 5.11. The number of carbonyl (C=O) groups is 1. The number of halogens is 4. The van der Waals surface area contributed by atoms with Crippen LogP contribution in [0.2, 0.25) is 0 Å². The first-order chi connectivity index (χ1) is 15.0. The lowest BCUT2D eigenvalue weighted by atomic mass is 10.0. The molecule has 4 aromatic rings. The minimum Gasteiger partial charge on any atom is -0.490 e. The second-order valence-electron chi connectivity index (χ2n) is 7.05. The fraction of sp³-hybridized carbons (Fsp3) is 0.190. The summed E-state index contributed by atoms with van der Waals surface area (Å²) in [4.78, 5) is 15.4. The van der Waals surface area contributed by atoms with Crippen molar-refractivity contribution in [3.05, 3.63) is 53.7 Å². The van der Waals surface area contributed by atoms with E-state index in [0.29, 0.717) is 5.56 Å². The van der Waals surface area contributed by atoms with Gasteiger partial charge in [-0.25, -0.2) is 9.18 Å². The van der Waals surface area contributed by atoms with Crippen LogP contribution in [0.5, 0.6) is 5.75 Å². The Balaban J connectivity index is 1.96. The number of fused-ring (bicyclic) bond motifs is 1. The molecule has 0 aliphatic heterocycles. The third-order valence-electron chi connectivity index (χ3n) is 4.38. The van der Waals surface area contributed by atoms with Crippen molar-refractivity contribution in [2.24, 2.45) is 0 Å². The van der Waals surface area contributed by atoms with Crippen LogP contribution in [0.25, 0.3) is 33.7 Å². The lowest BCUT2D eigenvalue weighted by molar-refractivity contribution is -0.159. The number of carboxylic acids is 1. The van der Waals surface area contributed by atoms with E-state index >= 15 is 0 Å². The van der Waals surface area contributed by atoms with Crippen LogP contribution in [-0.2, 0) is 6.18 Å². The number of furan rings is 1. The second-order valence-corrected chi connectivity index (χ2v) is 7.05. The Morgan fingerprint density at radius 2 is 1.84 bits per heavy atom. The molecular formula is C21H14F4N2O5. The molecule has 2 aromatic heterocycles. The Hall–Kier alpha value is -3.89. The van der Waals surface area contributed by atoms with E-state index < -0.39 is 35.8 Å². The maximum atomic E-state index is 13.3. The smallest absolute Gasteiger partial charge is 0.471 e. The molecule has 0 fully saturated rings. The third-order valence-corrected chi connectivity index (χ3v) is 4.38. The van der Waals surface area contributed by atoms with E-state index in [9.17, 15) is 27.5 Å². The second kappa shape index (κ2) is 7.66. The molecule has 7 nitrogen and oxygen atoms in total. The molecule has 0 saturated carbocycles. The van der Waals surface area contributed by atoms with Crippen molar-refractivity contribution in [1.82, 2.24) is 10.1 Å². The predicted molar refractivity (Wildman–Crippen MR) is 103 cm³/mol. The SMILES string of the molecule is CC(C)Oc1cc2c(C(=O)O)c(-c3ccc(F)cc3)oc2cc1-c1noc(C(F)(F)F)n1. The highest BCUT2D eigenvalue weighted by atomic mass is 19.4. The van der Waals surface area contributed by atoms with Gasteiger partial charge in [-0.2, -0.15) is 18.2 Å². The summed E-state index contributed by atoms with van der Waals surface area (Å²) in [5.74, 6) is -3.80. The molecule has 4 rings (SSSR count). The summed E-state index contributed by atoms with van der Waals surface area (Å²) in [5.41, 5.74) is 0.135. The Bertz CT molecular complexity index is 1310. The normalized spacial score (nSPS) is 12.0. The maximum absolute atomic E-state index is 13.3. The van der Waals surface area contributed by atoms with Gasteiger partial charge in [0.05, 0.1) is 11.7 Å². The van der Waals surface area contributed by atoms with Gasteiger partial charge in [0.15, 0.2) is 0 Å². The van der Waals surface area contributed by atoms with E-state index in [1.54, 1.807) is 13.8 Å². The van der Waals surface area contributed by atoms with E-state index in [0.717, 1.165) is 12.1 Å². The highest BCUT2D eigenvalue weighted by Crippen LogP contribution is 2.41.